The second-order valence-electron chi connectivity index (χ2n) is 5.72. The first-order valence-corrected chi connectivity index (χ1v) is 8.47. The maximum atomic E-state index is 12.4. The van der Waals surface area contributed by atoms with E-state index in [9.17, 15) is 24.3 Å². The monoisotopic (exact) mass is 399 g/mol. The van der Waals surface area contributed by atoms with Gasteiger partial charge in [0.25, 0.3) is 0 Å². The number of amides is 2. The zero-order valence-electron chi connectivity index (χ0n) is 14.2. The summed E-state index contributed by atoms with van der Waals surface area (Å²) in [7, 11) is 0. The molecule has 0 aliphatic rings. The van der Waals surface area contributed by atoms with Gasteiger partial charge in [-0.2, -0.15) is 12.6 Å². The summed E-state index contributed by atoms with van der Waals surface area (Å²) in [6, 6.07) is 1.96. The molecule has 0 fully saturated rings. The standard InChI is InChI=1S/C16H21N3O7S/c17-10(6-13(21)22)14(23)18-11(5-8-1-3-9(20)4-2-8)15(24)19-12(7-27)16(25)26/h1-4,10-12,20,27H,5-7,17H2,(H,18,23)(H,19,24)(H,21,22)(H,25,26). The number of benzene rings is 1. The summed E-state index contributed by atoms with van der Waals surface area (Å²) in [6.07, 6.45) is -0.662. The Bertz CT molecular complexity index is 696. The molecule has 3 atom stereocenters. The number of carbonyl (C=O) groups is 4. The Hall–Kier alpha value is -2.79. The Labute approximate surface area is 160 Å². The van der Waals surface area contributed by atoms with Crippen molar-refractivity contribution in [2.75, 3.05) is 5.75 Å². The SMILES string of the molecule is NC(CC(=O)O)C(=O)NC(Cc1ccc(O)cc1)C(=O)NC(CS)C(=O)O. The van der Waals surface area contributed by atoms with Gasteiger partial charge in [0.05, 0.1) is 12.5 Å². The third kappa shape index (κ3) is 7.54. The van der Waals surface area contributed by atoms with E-state index in [2.05, 4.69) is 23.3 Å². The Morgan fingerprint density at radius 2 is 1.56 bits per heavy atom. The number of phenolic OH excluding ortho intramolecular Hbond substituents is 1. The highest BCUT2D eigenvalue weighted by Gasteiger charge is 2.28. The molecule has 1 aromatic carbocycles. The van der Waals surface area contributed by atoms with Crippen molar-refractivity contribution in [1.29, 1.82) is 0 Å². The summed E-state index contributed by atoms with van der Waals surface area (Å²) in [5.74, 6) is -4.39. The fraction of sp³-hybridized carbons (Fsp3) is 0.375. The van der Waals surface area contributed by atoms with Gasteiger partial charge in [0.2, 0.25) is 11.8 Å². The molecule has 7 N–H and O–H groups in total. The summed E-state index contributed by atoms with van der Waals surface area (Å²) in [5.41, 5.74) is 6.06. The Kier molecular flexibility index (Phi) is 8.56. The van der Waals surface area contributed by atoms with Gasteiger partial charge in [-0.25, -0.2) is 4.79 Å². The second kappa shape index (κ2) is 10.4. The van der Waals surface area contributed by atoms with Gasteiger partial charge in [-0.1, -0.05) is 12.1 Å². The molecule has 0 aromatic heterocycles. The van der Waals surface area contributed by atoms with Crippen molar-refractivity contribution in [3.05, 3.63) is 29.8 Å². The first-order chi connectivity index (χ1) is 12.6. The minimum absolute atomic E-state index is 0.00767. The average molecular weight is 399 g/mol. The summed E-state index contributed by atoms with van der Waals surface area (Å²) >= 11 is 3.85. The fourth-order valence-corrected chi connectivity index (χ4v) is 2.34. The van der Waals surface area contributed by atoms with Gasteiger partial charge in [0.15, 0.2) is 0 Å². The topological polar surface area (TPSA) is 179 Å². The molecule has 0 aliphatic heterocycles. The number of rotatable bonds is 10. The number of carboxylic acid groups (broad SMARTS) is 2. The number of hydrogen-bond acceptors (Lipinski definition) is 7. The van der Waals surface area contributed by atoms with Gasteiger partial charge < -0.3 is 31.7 Å². The number of phenols is 1. The van der Waals surface area contributed by atoms with Crippen LogP contribution >= 0.6 is 12.6 Å². The molecule has 0 radical (unpaired) electrons. The lowest BCUT2D eigenvalue weighted by Gasteiger charge is -2.22. The van der Waals surface area contributed by atoms with Crippen molar-refractivity contribution < 1.29 is 34.5 Å². The molecule has 27 heavy (non-hydrogen) atoms. The van der Waals surface area contributed by atoms with E-state index in [1.54, 1.807) is 0 Å². The number of aromatic hydroxyl groups is 1. The largest absolute Gasteiger partial charge is 0.508 e. The molecule has 0 saturated carbocycles. The van der Waals surface area contributed by atoms with Gasteiger partial charge in [-0.3, -0.25) is 14.4 Å². The van der Waals surface area contributed by atoms with Crippen LogP contribution in [-0.4, -0.2) is 63.0 Å². The molecule has 148 valence electrons. The number of nitrogens with one attached hydrogen (secondary N) is 2. The third-order valence-corrected chi connectivity index (χ3v) is 3.90. The van der Waals surface area contributed by atoms with Crippen molar-refractivity contribution in [1.82, 2.24) is 10.6 Å². The van der Waals surface area contributed by atoms with Crippen LogP contribution < -0.4 is 16.4 Å². The summed E-state index contributed by atoms with van der Waals surface area (Å²) in [4.78, 5) is 46.3. The van der Waals surface area contributed by atoms with E-state index in [1.807, 2.05) is 0 Å². The van der Waals surface area contributed by atoms with Crippen LogP contribution in [0.4, 0.5) is 0 Å². The lowest BCUT2D eigenvalue weighted by atomic mass is 10.0. The van der Waals surface area contributed by atoms with Gasteiger partial charge in [0.1, 0.15) is 17.8 Å². The molecule has 1 rings (SSSR count). The third-order valence-electron chi connectivity index (χ3n) is 3.54. The fourth-order valence-electron chi connectivity index (χ4n) is 2.09. The maximum Gasteiger partial charge on any atom is 0.327 e. The number of nitrogens with two attached hydrogens (primary N) is 1. The molecule has 3 unspecified atom stereocenters. The highest BCUT2D eigenvalue weighted by molar-refractivity contribution is 7.80. The van der Waals surface area contributed by atoms with E-state index in [-0.39, 0.29) is 17.9 Å². The average Bonchev–Trinajstić information content (AvgIpc) is 2.59. The first-order valence-electron chi connectivity index (χ1n) is 7.83. The van der Waals surface area contributed by atoms with E-state index >= 15 is 0 Å². The van der Waals surface area contributed by atoms with Crippen LogP contribution in [0.1, 0.15) is 12.0 Å². The predicted molar refractivity (Wildman–Crippen MR) is 97.4 cm³/mol. The van der Waals surface area contributed by atoms with Crippen molar-refractivity contribution >= 4 is 36.4 Å². The van der Waals surface area contributed by atoms with Crippen LogP contribution in [0.5, 0.6) is 5.75 Å². The molecule has 11 heteroatoms. The van der Waals surface area contributed by atoms with Crippen LogP contribution in [0.25, 0.3) is 0 Å². The van der Waals surface area contributed by atoms with Crippen molar-refractivity contribution in [2.24, 2.45) is 5.73 Å². The molecular formula is C16H21N3O7S. The Morgan fingerprint density at radius 3 is 2.04 bits per heavy atom. The zero-order chi connectivity index (χ0) is 20.6. The van der Waals surface area contributed by atoms with Crippen molar-refractivity contribution in [3.8, 4) is 5.75 Å². The molecule has 0 bridgehead atoms. The quantitative estimate of drug-likeness (QED) is 0.238. The molecule has 0 heterocycles. The normalized spacial score (nSPS) is 13.9. The molecule has 10 nitrogen and oxygen atoms in total. The Balaban J connectivity index is 2.95. The van der Waals surface area contributed by atoms with Gasteiger partial charge in [-0.05, 0) is 17.7 Å². The molecule has 2 amide bonds. The van der Waals surface area contributed by atoms with Gasteiger partial charge in [0, 0.05) is 12.2 Å². The number of carbonyl (C=O) groups excluding carboxylic acids is 2. The molecule has 0 spiro atoms. The minimum Gasteiger partial charge on any atom is -0.508 e. The van der Waals surface area contributed by atoms with E-state index in [1.165, 1.54) is 24.3 Å². The highest BCUT2D eigenvalue weighted by Crippen LogP contribution is 2.12. The van der Waals surface area contributed by atoms with Crippen molar-refractivity contribution in [3.63, 3.8) is 0 Å². The molecule has 0 aliphatic carbocycles. The second-order valence-corrected chi connectivity index (χ2v) is 6.08. The van der Waals surface area contributed by atoms with Crippen LogP contribution in [0.15, 0.2) is 24.3 Å². The maximum absolute atomic E-state index is 12.4. The predicted octanol–water partition coefficient (Wildman–Crippen LogP) is -1.28. The van der Waals surface area contributed by atoms with Crippen LogP contribution in [0.3, 0.4) is 0 Å². The zero-order valence-corrected chi connectivity index (χ0v) is 15.1. The van der Waals surface area contributed by atoms with E-state index in [4.69, 9.17) is 15.9 Å². The van der Waals surface area contributed by atoms with E-state index in [0.29, 0.717) is 5.56 Å². The molecule has 0 saturated heterocycles. The van der Waals surface area contributed by atoms with Gasteiger partial charge in [-0.15, -0.1) is 0 Å². The molecular weight excluding hydrogens is 378 g/mol. The van der Waals surface area contributed by atoms with E-state index in [0.717, 1.165) is 0 Å². The van der Waals surface area contributed by atoms with Crippen LogP contribution in [0, 0.1) is 0 Å². The van der Waals surface area contributed by atoms with Crippen molar-refractivity contribution in [2.45, 2.75) is 31.0 Å². The number of carboxylic acids is 2. The number of thiol groups is 1. The lowest BCUT2D eigenvalue weighted by Crippen LogP contribution is -2.55. The summed E-state index contributed by atoms with van der Waals surface area (Å²) < 4.78 is 0. The van der Waals surface area contributed by atoms with Gasteiger partial charge >= 0.3 is 11.9 Å². The van der Waals surface area contributed by atoms with E-state index < -0.39 is 48.3 Å². The number of hydrogen-bond donors (Lipinski definition) is 7. The summed E-state index contributed by atoms with van der Waals surface area (Å²) in [5, 5.41) is 31.6. The van der Waals surface area contributed by atoms with Crippen LogP contribution in [0.2, 0.25) is 0 Å². The minimum atomic E-state index is -1.38. The smallest absolute Gasteiger partial charge is 0.327 e. The summed E-state index contributed by atoms with van der Waals surface area (Å²) in [6.45, 7) is 0. The lowest BCUT2D eigenvalue weighted by molar-refractivity contribution is -0.142. The van der Waals surface area contributed by atoms with Crippen LogP contribution in [-0.2, 0) is 25.6 Å². The first kappa shape index (κ1) is 22.3. The highest BCUT2D eigenvalue weighted by atomic mass is 32.1. The molecule has 1 aromatic rings. The Morgan fingerprint density at radius 1 is 1.00 bits per heavy atom. The number of aliphatic carboxylic acids is 2.